The van der Waals surface area contributed by atoms with E-state index in [9.17, 15) is 13.2 Å². The second-order valence-corrected chi connectivity index (χ2v) is 8.19. The van der Waals surface area contributed by atoms with E-state index in [2.05, 4.69) is 5.32 Å². The number of sulfonamides is 1. The average Bonchev–Trinajstić information content (AvgIpc) is 2.57. The van der Waals surface area contributed by atoms with Gasteiger partial charge in [0.2, 0.25) is 15.9 Å². The molecule has 1 amide bonds. The van der Waals surface area contributed by atoms with Crippen LogP contribution in [-0.4, -0.2) is 31.7 Å². The van der Waals surface area contributed by atoms with Gasteiger partial charge in [0.05, 0.1) is 27.2 Å². The van der Waals surface area contributed by atoms with Gasteiger partial charge in [0.15, 0.2) is 0 Å². The fourth-order valence-corrected chi connectivity index (χ4v) is 3.95. The highest BCUT2D eigenvalue weighted by Crippen LogP contribution is 2.29. The summed E-state index contributed by atoms with van der Waals surface area (Å²) in [4.78, 5) is 12.3. The van der Waals surface area contributed by atoms with Crippen LogP contribution in [0.4, 0.5) is 5.69 Å². The van der Waals surface area contributed by atoms with Crippen molar-refractivity contribution < 1.29 is 13.2 Å². The summed E-state index contributed by atoms with van der Waals surface area (Å²) in [5.74, 6) is -0.524. The number of carbonyl (C=O) groups is 1. The molecule has 1 N–H and O–H groups in total. The minimum atomic E-state index is -3.82. The number of benzene rings is 2. The largest absolute Gasteiger partial charge is 0.324 e. The van der Waals surface area contributed by atoms with Crippen LogP contribution < -0.4 is 5.32 Å². The molecule has 0 bridgehead atoms. The predicted octanol–water partition coefficient (Wildman–Crippen LogP) is 4.30. The van der Waals surface area contributed by atoms with Crippen LogP contribution in [0.3, 0.4) is 0 Å². The smallest absolute Gasteiger partial charge is 0.243 e. The molecule has 0 saturated carbocycles. The van der Waals surface area contributed by atoms with Crippen LogP contribution in [-0.2, 0) is 14.8 Å². The minimum Gasteiger partial charge on any atom is -0.324 e. The Kier molecular flexibility index (Phi) is 6.71. The second kappa shape index (κ2) is 8.38. The van der Waals surface area contributed by atoms with Crippen LogP contribution in [0.1, 0.15) is 6.92 Å². The van der Waals surface area contributed by atoms with Crippen molar-refractivity contribution in [2.75, 3.05) is 18.4 Å². The minimum absolute atomic E-state index is 0.0623. The summed E-state index contributed by atoms with van der Waals surface area (Å²) >= 11 is 17.7. The number of halogens is 3. The van der Waals surface area contributed by atoms with Crippen molar-refractivity contribution in [2.45, 2.75) is 11.8 Å². The number of nitrogens with zero attached hydrogens (tertiary/aromatic N) is 1. The van der Waals surface area contributed by atoms with Gasteiger partial charge in [0.25, 0.3) is 0 Å². The molecule has 0 atom stereocenters. The number of nitrogens with one attached hydrogen (secondary N) is 1. The van der Waals surface area contributed by atoms with Crippen molar-refractivity contribution in [3.63, 3.8) is 0 Å². The Labute approximate surface area is 161 Å². The lowest BCUT2D eigenvalue weighted by atomic mass is 10.3. The van der Waals surface area contributed by atoms with E-state index in [1.807, 2.05) is 0 Å². The van der Waals surface area contributed by atoms with Crippen LogP contribution in [0.2, 0.25) is 15.1 Å². The Morgan fingerprint density at radius 2 is 1.72 bits per heavy atom. The molecule has 0 aliphatic rings. The topological polar surface area (TPSA) is 66.5 Å². The van der Waals surface area contributed by atoms with Gasteiger partial charge in [-0.05, 0) is 36.4 Å². The molecule has 2 rings (SSSR count). The third kappa shape index (κ3) is 4.86. The van der Waals surface area contributed by atoms with Gasteiger partial charge in [0, 0.05) is 11.6 Å². The molecule has 134 valence electrons. The van der Waals surface area contributed by atoms with E-state index in [0.717, 1.165) is 4.31 Å². The van der Waals surface area contributed by atoms with Crippen molar-refractivity contribution in [2.24, 2.45) is 0 Å². The fraction of sp³-hybridized carbons (Fsp3) is 0.188. The van der Waals surface area contributed by atoms with Crippen LogP contribution in [0.5, 0.6) is 0 Å². The summed E-state index contributed by atoms with van der Waals surface area (Å²) in [5, 5.41) is 3.48. The van der Waals surface area contributed by atoms with Gasteiger partial charge in [-0.3, -0.25) is 4.79 Å². The van der Waals surface area contributed by atoms with Gasteiger partial charge >= 0.3 is 0 Å². The summed E-state index contributed by atoms with van der Waals surface area (Å²) in [6, 6.07) is 10.5. The number of carbonyl (C=O) groups excluding carboxylic acids is 1. The first kappa shape index (κ1) is 20.0. The molecule has 0 heterocycles. The maximum atomic E-state index is 12.6. The first-order valence-electron chi connectivity index (χ1n) is 7.25. The SMILES string of the molecule is CCN(CC(=O)Nc1cccc(Cl)c1Cl)S(=O)(=O)c1ccc(Cl)cc1. The van der Waals surface area contributed by atoms with Crippen LogP contribution in [0.25, 0.3) is 0 Å². The lowest BCUT2D eigenvalue weighted by molar-refractivity contribution is -0.116. The van der Waals surface area contributed by atoms with Crippen molar-refractivity contribution >= 4 is 56.4 Å². The number of amides is 1. The zero-order chi connectivity index (χ0) is 18.6. The molecule has 0 fully saturated rings. The summed E-state index contributed by atoms with van der Waals surface area (Å²) in [7, 11) is -3.82. The van der Waals surface area contributed by atoms with E-state index in [1.54, 1.807) is 25.1 Å². The lowest BCUT2D eigenvalue weighted by Gasteiger charge is -2.20. The molecule has 2 aromatic carbocycles. The van der Waals surface area contributed by atoms with Gasteiger partial charge in [0.1, 0.15) is 0 Å². The lowest BCUT2D eigenvalue weighted by Crippen LogP contribution is -2.37. The first-order chi connectivity index (χ1) is 11.8. The summed E-state index contributed by atoms with van der Waals surface area (Å²) < 4.78 is 26.3. The van der Waals surface area contributed by atoms with E-state index in [1.165, 1.54) is 24.3 Å². The molecule has 5 nitrogen and oxygen atoms in total. The van der Waals surface area contributed by atoms with E-state index in [4.69, 9.17) is 34.8 Å². The number of anilines is 1. The Balaban J connectivity index is 2.17. The number of hydrogen-bond donors (Lipinski definition) is 1. The summed E-state index contributed by atoms with van der Waals surface area (Å²) in [5.41, 5.74) is 0.319. The molecule has 0 radical (unpaired) electrons. The molecule has 0 aliphatic carbocycles. The number of rotatable bonds is 6. The Morgan fingerprint density at radius 3 is 2.32 bits per heavy atom. The molecule has 25 heavy (non-hydrogen) atoms. The summed E-state index contributed by atoms with van der Waals surface area (Å²) in [6.07, 6.45) is 0. The molecule has 9 heteroatoms. The molecular formula is C16H15Cl3N2O3S. The van der Waals surface area contributed by atoms with E-state index in [0.29, 0.717) is 15.7 Å². The number of likely N-dealkylation sites (N-methyl/N-ethyl adjacent to an activating group) is 1. The molecule has 0 aliphatic heterocycles. The average molecular weight is 422 g/mol. The first-order valence-corrected chi connectivity index (χ1v) is 9.82. The highest BCUT2D eigenvalue weighted by molar-refractivity contribution is 7.89. The van der Waals surface area contributed by atoms with Crippen molar-refractivity contribution in [1.82, 2.24) is 4.31 Å². The Morgan fingerprint density at radius 1 is 1.08 bits per heavy atom. The van der Waals surface area contributed by atoms with Crippen LogP contribution in [0, 0.1) is 0 Å². The third-order valence-electron chi connectivity index (χ3n) is 3.35. The van der Waals surface area contributed by atoms with E-state index >= 15 is 0 Å². The quantitative estimate of drug-likeness (QED) is 0.756. The van der Waals surface area contributed by atoms with Gasteiger partial charge in [-0.15, -0.1) is 0 Å². The van der Waals surface area contributed by atoms with E-state index < -0.39 is 15.9 Å². The fourth-order valence-electron chi connectivity index (χ4n) is 2.07. The van der Waals surface area contributed by atoms with Crippen molar-refractivity contribution in [3.8, 4) is 0 Å². The summed E-state index contributed by atoms with van der Waals surface area (Å²) in [6.45, 7) is 1.42. The molecular weight excluding hydrogens is 407 g/mol. The zero-order valence-electron chi connectivity index (χ0n) is 13.2. The monoisotopic (exact) mass is 420 g/mol. The zero-order valence-corrected chi connectivity index (χ0v) is 16.3. The van der Waals surface area contributed by atoms with Crippen molar-refractivity contribution in [1.29, 1.82) is 0 Å². The molecule has 0 aromatic heterocycles. The highest BCUT2D eigenvalue weighted by Gasteiger charge is 2.25. The molecule has 0 saturated heterocycles. The molecule has 2 aromatic rings. The van der Waals surface area contributed by atoms with Crippen LogP contribution in [0.15, 0.2) is 47.4 Å². The van der Waals surface area contributed by atoms with Gasteiger partial charge in [-0.25, -0.2) is 8.42 Å². The van der Waals surface area contributed by atoms with Crippen LogP contribution >= 0.6 is 34.8 Å². The maximum absolute atomic E-state index is 12.6. The normalized spacial score (nSPS) is 11.6. The molecule has 0 spiro atoms. The Bertz CT molecular complexity index is 871. The predicted molar refractivity (Wildman–Crippen MR) is 101 cm³/mol. The van der Waals surface area contributed by atoms with Gasteiger partial charge < -0.3 is 5.32 Å². The molecule has 0 unspecified atom stereocenters. The van der Waals surface area contributed by atoms with Gasteiger partial charge in [-0.1, -0.05) is 47.8 Å². The maximum Gasteiger partial charge on any atom is 0.243 e. The second-order valence-electron chi connectivity index (χ2n) is 5.03. The van der Waals surface area contributed by atoms with E-state index in [-0.39, 0.29) is 23.0 Å². The van der Waals surface area contributed by atoms with Crippen molar-refractivity contribution in [3.05, 3.63) is 57.5 Å². The highest BCUT2D eigenvalue weighted by atomic mass is 35.5. The standard InChI is InChI=1S/C16H15Cl3N2O3S/c1-2-21(25(23,24)12-8-6-11(17)7-9-12)10-15(22)20-14-5-3-4-13(18)16(14)19/h3-9H,2,10H2,1H3,(H,20,22). The Hall–Kier alpha value is -1.31. The number of hydrogen-bond acceptors (Lipinski definition) is 3. The van der Waals surface area contributed by atoms with Gasteiger partial charge in [-0.2, -0.15) is 4.31 Å². The third-order valence-corrected chi connectivity index (χ3v) is 6.36.